The van der Waals surface area contributed by atoms with Gasteiger partial charge in [0.25, 0.3) is 0 Å². The molecule has 2 rings (SSSR count). The lowest BCUT2D eigenvalue weighted by Gasteiger charge is -2.23. The van der Waals surface area contributed by atoms with Crippen molar-refractivity contribution in [2.24, 2.45) is 0 Å². The number of hydrogen-bond donors (Lipinski definition) is 0. The predicted octanol–water partition coefficient (Wildman–Crippen LogP) is 2.32. The fourth-order valence-electron chi connectivity index (χ4n) is 2.26. The molecule has 1 amide bonds. The van der Waals surface area contributed by atoms with Crippen molar-refractivity contribution in [3.8, 4) is 0 Å². The highest BCUT2D eigenvalue weighted by Crippen LogP contribution is 2.26. The number of amides is 1. The third-order valence-corrected chi connectivity index (χ3v) is 3.99. The number of hydrogen-bond acceptors (Lipinski definition) is 3. The molecule has 0 radical (unpaired) electrons. The standard InChI is InChI=1S/C14H17BrN2O2/c1-16(9-14(19)17-6-2-3-7-17)13-5-4-11(10-18)8-12(13)15/h4-5,8,10H,2-3,6-7,9H2,1H3. The minimum Gasteiger partial charge on any atom is -0.364 e. The molecule has 5 heteroatoms. The van der Waals surface area contributed by atoms with Crippen molar-refractivity contribution in [2.45, 2.75) is 12.8 Å². The maximum absolute atomic E-state index is 12.1. The van der Waals surface area contributed by atoms with Crippen LogP contribution >= 0.6 is 15.9 Å². The number of nitrogens with zero attached hydrogens (tertiary/aromatic N) is 2. The molecule has 0 aromatic heterocycles. The van der Waals surface area contributed by atoms with E-state index in [2.05, 4.69) is 15.9 Å². The normalized spacial score (nSPS) is 14.5. The Bertz CT molecular complexity index is 484. The summed E-state index contributed by atoms with van der Waals surface area (Å²) in [5.41, 5.74) is 1.54. The summed E-state index contributed by atoms with van der Waals surface area (Å²) in [6.07, 6.45) is 3.02. The third kappa shape index (κ3) is 3.35. The van der Waals surface area contributed by atoms with Gasteiger partial charge in [-0.1, -0.05) is 0 Å². The van der Waals surface area contributed by atoms with E-state index in [9.17, 15) is 9.59 Å². The molecule has 0 spiro atoms. The highest BCUT2D eigenvalue weighted by Gasteiger charge is 2.19. The minimum absolute atomic E-state index is 0.159. The predicted molar refractivity (Wildman–Crippen MR) is 78.6 cm³/mol. The molecule has 1 aliphatic rings. The van der Waals surface area contributed by atoms with Gasteiger partial charge < -0.3 is 9.80 Å². The van der Waals surface area contributed by atoms with E-state index >= 15 is 0 Å². The molecule has 1 aromatic rings. The van der Waals surface area contributed by atoms with E-state index in [1.54, 1.807) is 12.1 Å². The number of likely N-dealkylation sites (N-methyl/N-ethyl adjacent to an activating group) is 1. The van der Waals surface area contributed by atoms with Gasteiger partial charge in [0.1, 0.15) is 6.29 Å². The van der Waals surface area contributed by atoms with E-state index in [0.717, 1.165) is 42.4 Å². The summed E-state index contributed by atoms with van der Waals surface area (Å²) in [4.78, 5) is 26.6. The van der Waals surface area contributed by atoms with Crippen LogP contribution in [0.15, 0.2) is 22.7 Å². The van der Waals surface area contributed by atoms with Gasteiger partial charge in [-0.25, -0.2) is 0 Å². The molecular weight excluding hydrogens is 308 g/mol. The van der Waals surface area contributed by atoms with Gasteiger partial charge in [0, 0.05) is 30.2 Å². The van der Waals surface area contributed by atoms with E-state index < -0.39 is 0 Å². The van der Waals surface area contributed by atoms with Crippen LogP contribution in [0, 0.1) is 0 Å². The lowest BCUT2D eigenvalue weighted by Crippen LogP contribution is -2.37. The number of rotatable bonds is 4. The van der Waals surface area contributed by atoms with Gasteiger partial charge in [-0.15, -0.1) is 0 Å². The topological polar surface area (TPSA) is 40.6 Å². The Morgan fingerprint density at radius 2 is 2.11 bits per heavy atom. The van der Waals surface area contributed by atoms with E-state index in [1.165, 1.54) is 0 Å². The van der Waals surface area contributed by atoms with Crippen LogP contribution in [0.1, 0.15) is 23.2 Å². The van der Waals surface area contributed by atoms with Crippen LogP contribution in [-0.4, -0.2) is 43.8 Å². The maximum Gasteiger partial charge on any atom is 0.242 e. The zero-order chi connectivity index (χ0) is 13.8. The average Bonchev–Trinajstić information content (AvgIpc) is 2.92. The van der Waals surface area contributed by atoms with Gasteiger partial charge in [0.2, 0.25) is 5.91 Å². The number of benzene rings is 1. The van der Waals surface area contributed by atoms with Gasteiger partial charge in [0.15, 0.2) is 0 Å². The van der Waals surface area contributed by atoms with Crippen molar-refractivity contribution < 1.29 is 9.59 Å². The average molecular weight is 325 g/mol. The first-order valence-corrected chi connectivity index (χ1v) is 7.15. The lowest BCUT2D eigenvalue weighted by atomic mass is 10.2. The quantitative estimate of drug-likeness (QED) is 0.798. The summed E-state index contributed by atoms with van der Waals surface area (Å²) in [7, 11) is 1.88. The second-order valence-corrected chi connectivity index (χ2v) is 5.63. The van der Waals surface area contributed by atoms with Crippen molar-refractivity contribution in [3.63, 3.8) is 0 Å². The van der Waals surface area contributed by atoms with Crippen molar-refractivity contribution in [1.82, 2.24) is 4.90 Å². The molecule has 0 saturated carbocycles. The molecule has 1 saturated heterocycles. The van der Waals surface area contributed by atoms with E-state index in [-0.39, 0.29) is 5.91 Å². The molecule has 19 heavy (non-hydrogen) atoms. The number of carbonyl (C=O) groups is 2. The summed E-state index contributed by atoms with van der Waals surface area (Å²) in [6.45, 7) is 2.11. The number of likely N-dealkylation sites (tertiary alicyclic amines) is 1. The molecular formula is C14H17BrN2O2. The highest BCUT2D eigenvalue weighted by molar-refractivity contribution is 9.10. The molecule has 1 aromatic carbocycles. The molecule has 0 atom stereocenters. The van der Waals surface area contributed by atoms with Crippen molar-refractivity contribution in [2.75, 3.05) is 31.6 Å². The molecule has 0 N–H and O–H groups in total. The van der Waals surface area contributed by atoms with E-state index in [0.29, 0.717) is 12.1 Å². The van der Waals surface area contributed by atoms with Crippen LogP contribution in [0.2, 0.25) is 0 Å². The van der Waals surface area contributed by atoms with Crippen LogP contribution in [0.4, 0.5) is 5.69 Å². The minimum atomic E-state index is 0.159. The Morgan fingerprint density at radius 1 is 1.42 bits per heavy atom. The molecule has 1 aliphatic heterocycles. The van der Waals surface area contributed by atoms with E-state index in [1.807, 2.05) is 22.9 Å². The maximum atomic E-state index is 12.1. The zero-order valence-corrected chi connectivity index (χ0v) is 12.5. The molecule has 0 bridgehead atoms. The van der Waals surface area contributed by atoms with Gasteiger partial charge >= 0.3 is 0 Å². The molecule has 0 unspecified atom stereocenters. The number of anilines is 1. The molecule has 0 aliphatic carbocycles. The van der Waals surface area contributed by atoms with E-state index in [4.69, 9.17) is 0 Å². The Hall–Kier alpha value is -1.36. The second kappa shape index (κ2) is 6.19. The summed E-state index contributed by atoms with van der Waals surface area (Å²) in [6, 6.07) is 5.37. The fourth-order valence-corrected chi connectivity index (χ4v) is 2.96. The lowest BCUT2D eigenvalue weighted by molar-refractivity contribution is -0.128. The van der Waals surface area contributed by atoms with Crippen LogP contribution in [-0.2, 0) is 4.79 Å². The van der Waals surface area contributed by atoms with Crippen LogP contribution in [0.3, 0.4) is 0 Å². The summed E-state index contributed by atoms with van der Waals surface area (Å²) < 4.78 is 0.828. The van der Waals surface area contributed by atoms with Gasteiger partial charge in [-0.3, -0.25) is 9.59 Å². The summed E-state index contributed by atoms with van der Waals surface area (Å²) in [5.74, 6) is 0.159. The molecule has 102 valence electrons. The molecule has 4 nitrogen and oxygen atoms in total. The fraction of sp³-hybridized carbons (Fsp3) is 0.429. The Morgan fingerprint density at radius 3 is 2.68 bits per heavy atom. The number of carbonyl (C=O) groups excluding carboxylic acids is 2. The smallest absolute Gasteiger partial charge is 0.242 e. The Kier molecular flexibility index (Phi) is 4.58. The largest absolute Gasteiger partial charge is 0.364 e. The van der Waals surface area contributed by atoms with Crippen molar-refractivity contribution >= 4 is 33.8 Å². The first-order valence-electron chi connectivity index (χ1n) is 6.35. The zero-order valence-electron chi connectivity index (χ0n) is 10.9. The summed E-state index contributed by atoms with van der Waals surface area (Å²) >= 11 is 3.44. The Labute approximate surface area is 121 Å². The first kappa shape index (κ1) is 14.1. The number of aldehydes is 1. The van der Waals surface area contributed by atoms with Crippen LogP contribution < -0.4 is 4.90 Å². The first-order chi connectivity index (χ1) is 9.11. The van der Waals surface area contributed by atoms with Crippen LogP contribution in [0.25, 0.3) is 0 Å². The molecule has 1 fully saturated rings. The van der Waals surface area contributed by atoms with Crippen LogP contribution in [0.5, 0.6) is 0 Å². The van der Waals surface area contributed by atoms with Gasteiger partial charge in [0.05, 0.1) is 12.2 Å². The Balaban J connectivity index is 2.04. The molecule has 1 heterocycles. The van der Waals surface area contributed by atoms with Gasteiger partial charge in [-0.2, -0.15) is 0 Å². The SMILES string of the molecule is CN(CC(=O)N1CCCC1)c1ccc(C=O)cc1Br. The highest BCUT2D eigenvalue weighted by atomic mass is 79.9. The second-order valence-electron chi connectivity index (χ2n) is 4.77. The summed E-state index contributed by atoms with van der Waals surface area (Å²) in [5, 5.41) is 0. The van der Waals surface area contributed by atoms with Gasteiger partial charge in [-0.05, 0) is 47.0 Å². The van der Waals surface area contributed by atoms with Crippen molar-refractivity contribution in [3.05, 3.63) is 28.2 Å². The van der Waals surface area contributed by atoms with Crippen molar-refractivity contribution in [1.29, 1.82) is 0 Å². The monoisotopic (exact) mass is 324 g/mol. The third-order valence-electron chi connectivity index (χ3n) is 3.35. The number of halogens is 1.